The Bertz CT molecular complexity index is 293. The van der Waals surface area contributed by atoms with Crippen molar-refractivity contribution in [1.29, 1.82) is 0 Å². The molecule has 52 valence electrons. The number of rotatable bonds is 0. The third-order valence-electron chi connectivity index (χ3n) is 1.49. The highest BCUT2D eigenvalue weighted by Crippen LogP contribution is 2.36. The summed E-state index contributed by atoms with van der Waals surface area (Å²) in [5, 5.41) is 0.644. The molecule has 1 aromatic heterocycles. The third kappa shape index (κ3) is 0.869. The smallest absolute Gasteiger partial charge is 0.223 e. The van der Waals surface area contributed by atoms with Gasteiger partial charge >= 0.3 is 0 Å². The number of nitrogens with zero attached hydrogens (tertiary/aromatic N) is 1. The van der Waals surface area contributed by atoms with E-state index in [2.05, 4.69) is 4.85 Å². The van der Waals surface area contributed by atoms with E-state index in [4.69, 9.17) is 12.3 Å². The molecule has 0 aromatic carbocycles. The first kappa shape index (κ1) is 7.10. The lowest BCUT2D eigenvalue weighted by molar-refractivity contribution is 1.45. The Balaban J connectivity index is 3.37. The summed E-state index contributed by atoms with van der Waals surface area (Å²) in [4.78, 5) is 4.47. The van der Waals surface area contributed by atoms with Crippen LogP contribution in [0.25, 0.3) is 4.85 Å². The Morgan fingerprint density at radius 1 is 1.50 bits per heavy atom. The van der Waals surface area contributed by atoms with Crippen LogP contribution in [0.2, 0.25) is 0 Å². The lowest BCUT2D eigenvalue weighted by Gasteiger charge is -1.86. The highest BCUT2D eigenvalue weighted by Gasteiger charge is 2.08. The third-order valence-corrected chi connectivity index (χ3v) is 2.52. The molecule has 3 heteroatoms. The van der Waals surface area contributed by atoms with Crippen molar-refractivity contribution in [3.8, 4) is 0 Å². The van der Waals surface area contributed by atoms with E-state index in [0.29, 0.717) is 10.7 Å². The molecule has 0 aliphatic heterocycles. The van der Waals surface area contributed by atoms with Gasteiger partial charge in [0.05, 0.1) is 11.6 Å². The maximum Gasteiger partial charge on any atom is 0.223 e. The van der Waals surface area contributed by atoms with Crippen LogP contribution in [0.15, 0.2) is 0 Å². The summed E-state index contributed by atoms with van der Waals surface area (Å²) in [6, 6.07) is 0. The van der Waals surface area contributed by atoms with Crippen LogP contribution >= 0.6 is 11.3 Å². The fourth-order valence-electron chi connectivity index (χ4n) is 0.780. The van der Waals surface area contributed by atoms with Crippen molar-refractivity contribution in [1.82, 2.24) is 0 Å². The zero-order chi connectivity index (χ0) is 7.72. The summed E-state index contributed by atoms with van der Waals surface area (Å²) in [6.45, 7) is 10.7. The van der Waals surface area contributed by atoms with Crippen molar-refractivity contribution in [2.24, 2.45) is 0 Å². The molecule has 2 N–H and O–H groups in total. The average Bonchev–Trinajstić information content (AvgIpc) is 2.09. The molecule has 10 heavy (non-hydrogen) atoms. The van der Waals surface area contributed by atoms with Gasteiger partial charge in [-0.05, 0) is 24.3 Å². The van der Waals surface area contributed by atoms with Gasteiger partial charge in [0.1, 0.15) is 0 Å². The highest BCUT2D eigenvalue weighted by atomic mass is 32.1. The highest BCUT2D eigenvalue weighted by molar-refractivity contribution is 7.16. The standard InChI is InChI=1S/C7H8N2S/c1-4-5(2)10-7(8)6(4)9-3/h8H2,1-2H3. The molecule has 1 heterocycles. The van der Waals surface area contributed by atoms with E-state index < -0.39 is 0 Å². The van der Waals surface area contributed by atoms with Crippen LogP contribution in [0.5, 0.6) is 0 Å². The molecule has 0 amide bonds. The summed E-state index contributed by atoms with van der Waals surface area (Å²) in [7, 11) is 0. The van der Waals surface area contributed by atoms with Gasteiger partial charge in [-0.2, -0.15) is 0 Å². The maximum absolute atomic E-state index is 6.79. The van der Waals surface area contributed by atoms with Crippen molar-refractivity contribution in [3.63, 3.8) is 0 Å². The van der Waals surface area contributed by atoms with E-state index in [1.165, 1.54) is 11.3 Å². The van der Waals surface area contributed by atoms with Gasteiger partial charge in [0.25, 0.3) is 0 Å². The summed E-state index contributed by atoms with van der Waals surface area (Å²) >= 11 is 1.48. The summed E-state index contributed by atoms with van der Waals surface area (Å²) < 4.78 is 0. The molecule has 0 aliphatic carbocycles. The Hall–Kier alpha value is -1.01. The molecule has 0 saturated heterocycles. The van der Waals surface area contributed by atoms with Crippen molar-refractivity contribution in [3.05, 3.63) is 21.9 Å². The second-order valence-corrected chi connectivity index (χ2v) is 3.36. The summed E-state index contributed by atoms with van der Waals surface area (Å²) in [5.41, 5.74) is 7.21. The molecule has 2 nitrogen and oxygen atoms in total. The van der Waals surface area contributed by atoms with E-state index in [9.17, 15) is 0 Å². The molecular weight excluding hydrogens is 144 g/mol. The van der Waals surface area contributed by atoms with Gasteiger partial charge in [-0.25, -0.2) is 4.85 Å². The minimum Gasteiger partial charge on any atom is -0.399 e. The van der Waals surface area contributed by atoms with Gasteiger partial charge in [0.15, 0.2) is 0 Å². The van der Waals surface area contributed by atoms with E-state index in [0.717, 1.165) is 10.4 Å². The number of nitrogens with two attached hydrogens (primary N) is 1. The number of aryl methyl sites for hydroxylation is 1. The van der Waals surface area contributed by atoms with E-state index in [1.54, 1.807) is 0 Å². The predicted molar refractivity (Wildman–Crippen MR) is 44.5 cm³/mol. The van der Waals surface area contributed by atoms with Crippen LogP contribution in [0.1, 0.15) is 10.4 Å². The minimum atomic E-state index is 0.627. The topological polar surface area (TPSA) is 30.4 Å². The van der Waals surface area contributed by atoms with Crippen LogP contribution in [-0.2, 0) is 0 Å². The van der Waals surface area contributed by atoms with Gasteiger partial charge in [0, 0.05) is 0 Å². The first-order valence-corrected chi connectivity index (χ1v) is 3.71. The molecule has 0 bridgehead atoms. The van der Waals surface area contributed by atoms with Crippen molar-refractivity contribution in [2.75, 3.05) is 5.73 Å². The fraction of sp³-hybridized carbons (Fsp3) is 0.286. The molecule has 0 radical (unpaired) electrons. The van der Waals surface area contributed by atoms with Crippen LogP contribution in [-0.4, -0.2) is 0 Å². The number of hydrogen-bond acceptors (Lipinski definition) is 2. The zero-order valence-electron chi connectivity index (χ0n) is 5.93. The number of anilines is 1. The van der Waals surface area contributed by atoms with E-state index in [1.807, 2.05) is 13.8 Å². The Morgan fingerprint density at radius 3 is 2.30 bits per heavy atom. The van der Waals surface area contributed by atoms with Crippen LogP contribution in [0, 0.1) is 20.4 Å². The van der Waals surface area contributed by atoms with Gasteiger partial charge in [-0.1, -0.05) is 0 Å². The van der Waals surface area contributed by atoms with Crippen molar-refractivity contribution < 1.29 is 0 Å². The van der Waals surface area contributed by atoms with Gasteiger partial charge < -0.3 is 5.73 Å². The Labute approximate surface area is 64.1 Å². The van der Waals surface area contributed by atoms with Gasteiger partial charge in [0.2, 0.25) is 5.69 Å². The average molecular weight is 152 g/mol. The largest absolute Gasteiger partial charge is 0.399 e. The maximum atomic E-state index is 6.79. The molecule has 0 fully saturated rings. The normalized spacial score (nSPS) is 9.30. The minimum absolute atomic E-state index is 0.627. The number of nitrogen functional groups attached to an aromatic ring is 1. The molecule has 1 aromatic rings. The monoisotopic (exact) mass is 152 g/mol. The number of thiophene rings is 1. The molecule has 0 aliphatic rings. The Morgan fingerprint density at radius 2 is 2.10 bits per heavy atom. The first-order chi connectivity index (χ1) is 4.66. The second kappa shape index (κ2) is 2.31. The molecule has 0 unspecified atom stereocenters. The molecule has 0 saturated carbocycles. The first-order valence-electron chi connectivity index (χ1n) is 2.89. The lowest BCUT2D eigenvalue weighted by atomic mass is 10.2. The molecular formula is C7H8N2S. The second-order valence-electron chi connectivity index (χ2n) is 2.11. The SMILES string of the molecule is [C-]#[N+]c1c(N)sc(C)c1C. The number of hydrogen-bond donors (Lipinski definition) is 1. The molecule has 0 spiro atoms. The summed E-state index contributed by atoms with van der Waals surface area (Å²) in [5.74, 6) is 0. The predicted octanol–water partition coefficient (Wildman–Crippen LogP) is 2.50. The van der Waals surface area contributed by atoms with E-state index >= 15 is 0 Å². The summed E-state index contributed by atoms with van der Waals surface area (Å²) in [6.07, 6.45) is 0. The Kier molecular flexibility index (Phi) is 1.64. The van der Waals surface area contributed by atoms with Crippen molar-refractivity contribution in [2.45, 2.75) is 13.8 Å². The van der Waals surface area contributed by atoms with Crippen LogP contribution in [0.3, 0.4) is 0 Å². The lowest BCUT2D eigenvalue weighted by Crippen LogP contribution is -1.76. The van der Waals surface area contributed by atoms with Gasteiger partial charge in [-0.15, -0.1) is 11.3 Å². The van der Waals surface area contributed by atoms with Crippen molar-refractivity contribution >= 4 is 22.0 Å². The van der Waals surface area contributed by atoms with Gasteiger partial charge in [-0.3, -0.25) is 0 Å². The fourth-order valence-corrected chi connectivity index (χ4v) is 1.66. The van der Waals surface area contributed by atoms with E-state index in [-0.39, 0.29) is 0 Å². The zero-order valence-corrected chi connectivity index (χ0v) is 6.75. The van der Waals surface area contributed by atoms with Crippen LogP contribution in [0.4, 0.5) is 10.7 Å². The molecule has 0 atom stereocenters. The molecule has 1 rings (SSSR count). The van der Waals surface area contributed by atoms with Crippen LogP contribution < -0.4 is 5.73 Å². The quantitative estimate of drug-likeness (QED) is 0.569.